The van der Waals surface area contributed by atoms with Gasteiger partial charge in [-0.15, -0.1) is 6.58 Å². The van der Waals surface area contributed by atoms with Crippen LogP contribution in [0.15, 0.2) is 37.2 Å². The molecule has 0 bridgehead atoms. The first-order chi connectivity index (χ1) is 13.2. The average molecular weight is 366 g/mol. The van der Waals surface area contributed by atoms with Crippen molar-refractivity contribution in [2.24, 2.45) is 0 Å². The predicted octanol–water partition coefficient (Wildman–Crippen LogP) is 2.90. The standard InChI is InChI=1S/C21H26N4O2/c1-2-11-25-19-4-3-17(14-18(19)20(23-25)21(26)27)24-12-7-16(8-13-24)15-5-9-22-10-6-15/h2,5-6,9-10,16-17H,1,3-4,7-8,11-14H2,(H,26,27). The number of fused-ring (bicyclic) bond motifs is 1. The highest BCUT2D eigenvalue weighted by atomic mass is 16.4. The van der Waals surface area contributed by atoms with Crippen LogP contribution in [0.1, 0.15) is 52.5 Å². The second kappa shape index (κ2) is 7.64. The van der Waals surface area contributed by atoms with E-state index in [1.54, 1.807) is 6.08 Å². The van der Waals surface area contributed by atoms with E-state index in [1.807, 2.05) is 17.1 Å². The molecule has 6 nitrogen and oxygen atoms in total. The molecule has 4 rings (SSSR count). The molecule has 2 aromatic heterocycles. The van der Waals surface area contributed by atoms with Gasteiger partial charge in [-0.3, -0.25) is 14.6 Å². The number of carbonyl (C=O) groups is 1. The Morgan fingerprint density at radius 1 is 1.26 bits per heavy atom. The number of allylic oxidation sites excluding steroid dienone is 1. The molecular weight excluding hydrogens is 340 g/mol. The van der Waals surface area contributed by atoms with E-state index in [1.165, 1.54) is 5.56 Å². The predicted molar refractivity (Wildman–Crippen MR) is 103 cm³/mol. The van der Waals surface area contributed by atoms with Gasteiger partial charge in [0.15, 0.2) is 5.69 Å². The molecule has 6 heteroatoms. The van der Waals surface area contributed by atoms with Crippen LogP contribution in [0.4, 0.5) is 0 Å². The van der Waals surface area contributed by atoms with Gasteiger partial charge < -0.3 is 5.11 Å². The van der Waals surface area contributed by atoms with Crippen molar-refractivity contribution >= 4 is 5.97 Å². The number of aromatic nitrogens is 3. The molecule has 0 saturated carbocycles. The maximum atomic E-state index is 11.7. The zero-order valence-corrected chi connectivity index (χ0v) is 15.5. The van der Waals surface area contributed by atoms with E-state index in [0.29, 0.717) is 18.5 Å². The minimum absolute atomic E-state index is 0.225. The third kappa shape index (κ3) is 3.54. The van der Waals surface area contributed by atoms with Crippen LogP contribution in [0, 0.1) is 0 Å². The molecule has 3 heterocycles. The van der Waals surface area contributed by atoms with E-state index in [9.17, 15) is 9.90 Å². The van der Waals surface area contributed by atoms with E-state index in [4.69, 9.17) is 0 Å². The molecule has 1 fully saturated rings. The smallest absolute Gasteiger partial charge is 0.356 e. The number of likely N-dealkylation sites (tertiary alicyclic amines) is 1. The molecule has 1 saturated heterocycles. The summed E-state index contributed by atoms with van der Waals surface area (Å²) in [4.78, 5) is 18.3. The first-order valence-corrected chi connectivity index (χ1v) is 9.74. The van der Waals surface area contributed by atoms with E-state index < -0.39 is 5.97 Å². The van der Waals surface area contributed by atoms with Gasteiger partial charge in [0.1, 0.15) is 0 Å². The van der Waals surface area contributed by atoms with Crippen molar-refractivity contribution in [3.05, 3.63) is 59.7 Å². The van der Waals surface area contributed by atoms with Gasteiger partial charge in [-0.05, 0) is 68.8 Å². The van der Waals surface area contributed by atoms with Crippen molar-refractivity contribution in [2.45, 2.75) is 50.6 Å². The summed E-state index contributed by atoms with van der Waals surface area (Å²) >= 11 is 0. The summed E-state index contributed by atoms with van der Waals surface area (Å²) in [7, 11) is 0. The number of carboxylic acid groups (broad SMARTS) is 1. The van der Waals surface area contributed by atoms with Crippen LogP contribution in [0.5, 0.6) is 0 Å². The molecule has 0 aromatic carbocycles. The highest BCUT2D eigenvalue weighted by molar-refractivity contribution is 5.87. The van der Waals surface area contributed by atoms with Crippen molar-refractivity contribution < 1.29 is 9.90 Å². The maximum Gasteiger partial charge on any atom is 0.356 e. The summed E-state index contributed by atoms with van der Waals surface area (Å²) in [6.07, 6.45) is 10.6. The molecule has 1 aliphatic carbocycles. The van der Waals surface area contributed by atoms with Crippen molar-refractivity contribution in [1.29, 1.82) is 0 Å². The number of hydrogen-bond acceptors (Lipinski definition) is 4. The first-order valence-electron chi connectivity index (χ1n) is 9.74. The molecule has 142 valence electrons. The van der Waals surface area contributed by atoms with Gasteiger partial charge in [0.05, 0.1) is 6.54 Å². The number of carboxylic acids is 1. The van der Waals surface area contributed by atoms with Crippen LogP contribution in [-0.2, 0) is 19.4 Å². The van der Waals surface area contributed by atoms with Gasteiger partial charge in [0, 0.05) is 29.7 Å². The van der Waals surface area contributed by atoms with Crippen LogP contribution in [0.2, 0.25) is 0 Å². The van der Waals surface area contributed by atoms with Crippen LogP contribution >= 0.6 is 0 Å². The van der Waals surface area contributed by atoms with E-state index in [-0.39, 0.29) is 5.69 Å². The molecule has 27 heavy (non-hydrogen) atoms. The zero-order chi connectivity index (χ0) is 18.8. The van der Waals surface area contributed by atoms with Crippen molar-refractivity contribution in [3.8, 4) is 0 Å². The van der Waals surface area contributed by atoms with Crippen molar-refractivity contribution in [1.82, 2.24) is 19.7 Å². The molecule has 1 unspecified atom stereocenters. The largest absolute Gasteiger partial charge is 0.476 e. The average Bonchev–Trinajstić information content (AvgIpc) is 3.07. The highest BCUT2D eigenvalue weighted by Gasteiger charge is 2.33. The van der Waals surface area contributed by atoms with E-state index >= 15 is 0 Å². The lowest BCUT2D eigenvalue weighted by molar-refractivity contribution is 0.0687. The van der Waals surface area contributed by atoms with Gasteiger partial charge in [-0.25, -0.2) is 4.79 Å². The van der Waals surface area contributed by atoms with Crippen LogP contribution in [0.3, 0.4) is 0 Å². The Morgan fingerprint density at radius 2 is 2.00 bits per heavy atom. The van der Waals surface area contributed by atoms with Crippen molar-refractivity contribution in [2.75, 3.05) is 13.1 Å². The molecule has 1 N–H and O–H groups in total. The fourth-order valence-electron chi connectivity index (χ4n) is 4.66. The molecule has 0 spiro atoms. The molecule has 2 aliphatic rings. The lowest BCUT2D eigenvalue weighted by Crippen LogP contribution is -2.44. The Morgan fingerprint density at radius 3 is 2.67 bits per heavy atom. The third-order valence-electron chi connectivity index (χ3n) is 6.05. The van der Waals surface area contributed by atoms with Crippen LogP contribution in [0.25, 0.3) is 0 Å². The number of nitrogens with zero attached hydrogens (tertiary/aromatic N) is 4. The monoisotopic (exact) mass is 366 g/mol. The fraction of sp³-hybridized carbons (Fsp3) is 0.476. The van der Waals surface area contributed by atoms with E-state index in [2.05, 4.69) is 33.7 Å². The Labute approximate surface area is 159 Å². The molecule has 0 radical (unpaired) electrons. The number of rotatable bonds is 5. The second-order valence-electron chi connectivity index (χ2n) is 7.54. The van der Waals surface area contributed by atoms with E-state index in [0.717, 1.165) is 56.5 Å². The summed E-state index contributed by atoms with van der Waals surface area (Å²) in [5.41, 5.74) is 3.62. The summed E-state index contributed by atoms with van der Waals surface area (Å²) in [5.74, 6) is -0.320. The summed E-state index contributed by atoms with van der Waals surface area (Å²) < 4.78 is 1.82. The van der Waals surface area contributed by atoms with Crippen molar-refractivity contribution in [3.63, 3.8) is 0 Å². The fourth-order valence-corrected chi connectivity index (χ4v) is 4.66. The summed E-state index contributed by atoms with van der Waals surface area (Å²) in [5, 5.41) is 13.9. The van der Waals surface area contributed by atoms with Gasteiger partial charge in [-0.2, -0.15) is 5.10 Å². The Bertz CT molecular complexity index is 822. The lowest BCUT2D eigenvalue weighted by Gasteiger charge is -2.39. The van der Waals surface area contributed by atoms with Gasteiger partial charge in [0.25, 0.3) is 0 Å². The lowest BCUT2D eigenvalue weighted by atomic mass is 9.86. The minimum atomic E-state index is -0.925. The topological polar surface area (TPSA) is 71.2 Å². The highest BCUT2D eigenvalue weighted by Crippen LogP contribution is 2.33. The Kier molecular flexibility index (Phi) is 5.07. The Balaban J connectivity index is 1.46. The summed E-state index contributed by atoms with van der Waals surface area (Å²) in [6, 6.07) is 4.66. The zero-order valence-electron chi connectivity index (χ0n) is 15.5. The molecule has 1 atom stereocenters. The quantitative estimate of drug-likeness (QED) is 0.824. The normalized spacial score (nSPS) is 21.0. The number of pyridine rings is 1. The molecule has 2 aromatic rings. The third-order valence-corrected chi connectivity index (χ3v) is 6.05. The molecular formula is C21H26N4O2. The molecule has 0 amide bonds. The maximum absolute atomic E-state index is 11.7. The SMILES string of the molecule is C=CCn1nc(C(=O)O)c2c1CCC(N1CCC(c3ccncc3)CC1)C2. The number of aromatic carboxylic acids is 1. The Hall–Kier alpha value is -2.47. The van der Waals surface area contributed by atoms with Gasteiger partial charge in [-0.1, -0.05) is 6.08 Å². The van der Waals surface area contributed by atoms with Gasteiger partial charge in [0.2, 0.25) is 0 Å². The number of piperidine rings is 1. The van der Waals surface area contributed by atoms with Crippen LogP contribution in [-0.4, -0.2) is 49.9 Å². The first kappa shape index (κ1) is 17.9. The minimum Gasteiger partial charge on any atom is -0.476 e. The number of hydrogen-bond donors (Lipinski definition) is 1. The van der Waals surface area contributed by atoms with Gasteiger partial charge >= 0.3 is 5.97 Å². The molecule has 1 aliphatic heterocycles. The summed E-state index contributed by atoms with van der Waals surface area (Å²) in [6.45, 7) is 6.46. The second-order valence-corrected chi connectivity index (χ2v) is 7.54. The van der Waals surface area contributed by atoms with Crippen LogP contribution < -0.4 is 0 Å².